The van der Waals surface area contributed by atoms with Crippen LogP contribution in [0.4, 0.5) is 0 Å². The molecule has 0 saturated carbocycles. The maximum absolute atomic E-state index is 12.7. The summed E-state index contributed by atoms with van der Waals surface area (Å²) < 4.78 is 10.7. The Kier molecular flexibility index (Phi) is 4.46. The third kappa shape index (κ3) is 3.10. The van der Waals surface area contributed by atoms with Gasteiger partial charge >= 0.3 is 5.63 Å². The Bertz CT molecular complexity index is 892. The van der Waals surface area contributed by atoms with Crippen LogP contribution < -0.4 is 5.63 Å². The summed E-state index contributed by atoms with van der Waals surface area (Å²) in [7, 11) is 0. The molecule has 2 saturated heterocycles. The van der Waals surface area contributed by atoms with Crippen molar-refractivity contribution in [1.82, 2.24) is 9.80 Å². The Labute approximate surface area is 150 Å². The van der Waals surface area contributed by atoms with Gasteiger partial charge < -0.3 is 19.0 Å². The van der Waals surface area contributed by atoms with E-state index in [0.717, 1.165) is 12.8 Å². The summed E-state index contributed by atoms with van der Waals surface area (Å²) in [6.07, 6.45) is 1.33. The maximum atomic E-state index is 12.7. The quantitative estimate of drug-likeness (QED) is 0.757. The Morgan fingerprint density at radius 1 is 1.04 bits per heavy atom. The largest absolute Gasteiger partial charge is 0.422 e. The number of hydrogen-bond donors (Lipinski definition) is 0. The molecule has 7 heteroatoms. The Balaban J connectivity index is 1.46. The first-order valence-corrected chi connectivity index (χ1v) is 8.86. The zero-order chi connectivity index (χ0) is 18.1. The summed E-state index contributed by atoms with van der Waals surface area (Å²) >= 11 is 0. The predicted molar refractivity (Wildman–Crippen MR) is 93.9 cm³/mol. The zero-order valence-corrected chi connectivity index (χ0v) is 14.3. The van der Waals surface area contributed by atoms with Gasteiger partial charge in [0.05, 0.1) is 0 Å². The minimum absolute atomic E-state index is 0.000169. The number of carbonyl (C=O) groups excluding carboxylic acids is 2. The standard InChI is InChI=1S/C19H20N2O5/c22-17(14-12-13-4-1-2-5-15(13)26-19(14)24)20-7-9-21(10-8-20)18(23)16-6-3-11-25-16/h1-2,4-5,12,16H,3,6-11H2/t16-/m0/s1. The SMILES string of the molecule is O=C(c1cc2ccccc2oc1=O)N1CCN(C(=O)[C@@H]2CCCO2)CC1. The van der Waals surface area contributed by atoms with E-state index in [1.165, 1.54) is 0 Å². The van der Waals surface area contributed by atoms with E-state index in [-0.39, 0.29) is 23.5 Å². The van der Waals surface area contributed by atoms with Crippen molar-refractivity contribution in [2.45, 2.75) is 18.9 Å². The van der Waals surface area contributed by atoms with E-state index in [2.05, 4.69) is 0 Å². The normalized spacial score (nSPS) is 20.5. The fourth-order valence-corrected chi connectivity index (χ4v) is 3.49. The molecule has 2 aliphatic rings. The highest BCUT2D eigenvalue weighted by molar-refractivity contribution is 5.96. The minimum atomic E-state index is -0.633. The molecule has 0 N–H and O–H groups in total. The van der Waals surface area contributed by atoms with Crippen molar-refractivity contribution in [1.29, 1.82) is 0 Å². The number of ether oxygens (including phenoxy) is 1. The van der Waals surface area contributed by atoms with Gasteiger partial charge in [0.25, 0.3) is 11.8 Å². The number of fused-ring (bicyclic) bond motifs is 1. The lowest BCUT2D eigenvalue weighted by molar-refractivity contribution is -0.142. The molecule has 26 heavy (non-hydrogen) atoms. The van der Waals surface area contributed by atoms with Crippen LogP contribution >= 0.6 is 0 Å². The molecule has 4 rings (SSSR count). The number of carbonyl (C=O) groups is 2. The highest BCUT2D eigenvalue weighted by Gasteiger charge is 2.32. The number of rotatable bonds is 2. The van der Waals surface area contributed by atoms with E-state index in [0.29, 0.717) is 43.8 Å². The van der Waals surface area contributed by atoms with E-state index in [4.69, 9.17) is 9.15 Å². The molecule has 1 atom stereocenters. The Morgan fingerprint density at radius 3 is 2.50 bits per heavy atom. The molecule has 0 unspecified atom stereocenters. The number of nitrogens with zero attached hydrogens (tertiary/aromatic N) is 2. The molecule has 136 valence electrons. The number of hydrogen-bond acceptors (Lipinski definition) is 5. The van der Waals surface area contributed by atoms with Crippen molar-refractivity contribution < 1.29 is 18.7 Å². The number of benzene rings is 1. The molecule has 1 aromatic heterocycles. The number of piperazine rings is 1. The average molecular weight is 356 g/mol. The molecule has 7 nitrogen and oxygen atoms in total. The van der Waals surface area contributed by atoms with Crippen LogP contribution in [0.15, 0.2) is 39.5 Å². The third-order valence-corrected chi connectivity index (χ3v) is 4.96. The van der Waals surface area contributed by atoms with Crippen molar-refractivity contribution in [3.8, 4) is 0 Å². The minimum Gasteiger partial charge on any atom is -0.422 e. The molecule has 2 amide bonds. The Morgan fingerprint density at radius 2 is 1.77 bits per heavy atom. The summed E-state index contributed by atoms with van der Waals surface area (Å²) in [6, 6.07) is 8.67. The molecule has 2 fully saturated rings. The third-order valence-electron chi connectivity index (χ3n) is 4.96. The predicted octanol–water partition coefficient (Wildman–Crippen LogP) is 1.26. The summed E-state index contributed by atoms with van der Waals surface area (Å²) in [5.41, 5.74) is -0.143. The van der Waals surface area contributed by atoms with Gasteiger partial charge in [-0.15, -0.1) is 0 Å². The first-order chi connectivity index (χ1) is 12.6. The summed E-state index contributed by atoms with van der Waals surface area (Å²) in [5, 5.41) is 0.711. The molecular weight excluding hydrogens is 336 g/mol. The second-order valence-electron chi connectivity index (χ2n) is 6.60. The average Bonchev–Trinajstić information content (AvgIpc) is 3.21. The van der Waals surface area contributed by atoms with Crippen LogP contribution in [0.25, 0.3) is 11.0 Å². The fraction of sp³-hybridized carbons (Fsp3) is 0.421. The van der Waals surface area contributed by atoms with Gasteiger partial charge in [-0.25, -0.2) is 4.79 Å². The lowest BCUT2D eigenvalue weighted by Crippen LogP contribution is -2.53. The molecule has 2 aliphatic heterocycles. The zero-order valence-electron chi connectivity index (χ0n) is 14.3. The first kappa shape index (κ1) is 16.8. The van der Waals surface area contributed by atoms with Gasteiger partial charge in [0.15, 0.2) is 0 Å². The van der Waals surface area contributed by atoms with Crippen LogP contribution in [0.3, 0.4) is 0 Å². The second kappa shape index (κ2) is 6.92. The molecule has 0 aliphatic carbocycles. The monoisotopic (exact) mass is 356 g/mol. The molecule has 0 spiro atoms. The van der Waals surface area contributed by atoms with E-state index in [1.54, 1.807) is 34.1 Å². The lowest BCUT2D eigenvalue weighted by Gasteiger charge is -2.35. The molecule has 0 bridgehead atoms. The van der Waals surface area contributed by atoms with Gasteiger partial charge in [0, 0.05) is 38.2 Å². The maximum Gasteiger partial charge on any atom is 0.349 e. The molecular formula is C19H20N2O5. The van der Waals surface area contributed by atoms with Gasteiger partial charge in [-0.3, -0.25) is 9.59 Å². The van der Waals surface area contributed by atoms with Gasteiger partial charge in [-0.05, 0) is 25.0 Å². The van der Waals surface area contributed by atoms with E-state index < -0.39 is 5.63 Å². The van der Waals surface area contributed by atoms with Crippen molar-refractivity contribution in [2.24, 2.45) is 0 Å². The Hall–Kier alpha value is -2.67. The van der Waals surface area contributed by atoms with Crippen LogP contribution in [0.5, 0.6) is 0 Å². The van der Waals surface area contributed by atoms with Crippen molar-refractivity contribution >= 4 is 22.8 Å². The van der Waals surface area contributed by atoms with E-state index in [9.17, 15) is 14.4 Å². The van der Waals surface area contributed by atoms with E-state index >= 15 is 0 Å². The highest BCUT2D eigenvalue weighted by Crippen LogP contribution is 2.17. The first-order valence-electron chi connectivity index (χ1n) is 8.86. The van der Waals surface area contributed by atoms with Gasteiger partial charge in [0.2, 0.25) is 0 Å². The number of para-hydroxylation sites is 1. The molecule has 1 aromatic carbocycles. The van der Waals surface area contributed by atoms with Crippen molar-refractivity contribution in [3.05, 3.63) is 46.3 Å². The summed E-state index contributed by atoms with van der Waals surface area (Å²) in [6.45, 7) is 2.31. The summed E-state index contributed by atoms with van der Waals surface area (Å²) in [4.78, 5) is 40.6. The summed E-state index contributed by atoms with van der Waals surface area (Å²) in [5.74, 6) is -0.353. The second-order valence-corrected chi connectivity index (χ2v) is 6.60. The molecule has 0 radical (unpaired) electrons. The van der Waals surface area contributed by atoms with Crippen LogP contribution in [0, 0.1) is 0 Å². The van der Waals surface area contributed by atoms with Crippen molar-refractivity contribution in [3.63, 3.8) is 0 Å². The lowest BCUT2D eigenvalue weighted by atomic mass is 10.1. The fourth-order valence-electron chi connectivity index (χ4n) is 3.49. The molecule has 2 aromatic rings. The topological polar surface area (TPSA) is 80.1 Å². The van der Waals surface area contributed by atoms with Crippen molar-refractivity contribution in [2.75, 3.05) is 32.8 Å². The molecule has 3 heterocycles. The smallest absolute Gasteiger partial charge is 0.349 e. The highest BCUT2D eigenvalue weighted by atomic mass is 16.5. The van der Waals surface area contributed by atoms with Crippen LogP contribution in [0.2, 0.25) is 0 Å². The van der Waals surface area contributed by atoms with Crippen LogP contribution in [-0.4, -0.2) is 60.5 Å². The van der Waals surface area contributed by atoms with Crippen LogP contribution in [-0.2, 0) is 9.53 Å². The van der Waals surface area contributed by atoms with Gasteiger partial charge in [0.1, 0.15) is 17.3 Å². The van der Waals surface area contributed by atoms with Gasteiger partial charge in [-0.1, -0.05) is 18.2 Å². The van der Waals surface area contributed by atoms with E-state index in [1.807, 2.05) is 6.07 Å². The van der Waals surface area contributed by atoms with Gasteiger partial charge in [-0.2, -0.15) is 0 Å². The number of amides is 2. The van der Waals surface area contributed by atoms with Crippen LogP contribution in [0.1, 0.15) is 23.2 Å².